The zero-order chi connectivity index (χ0) is 20.1. The van der Waals surface area contributed by atoms with Gasteiger partial charge in [0.1, 0.15) is 5.82 Å². The molecule has 6 nitrogen and oxygen atoms in total. The molecule has 1 fully saturated rings. The van der Waals surface area contributed by atoms with Gasteiger partial charge >= 0.3 is 0 Å². The molecule has 0 amide bonds. The van der Waals surface area contributed by atoms with Crippen LogP contribution in [0.5, 0.6) is 0 Å². The topological polar surface area (TPSA) is 64.4 Å². The summed E-state index contributed by atoms with van der Waals surface area (Å²) in [6.45, 7) is 2.55. The molecule has 154 valence electrons. The van der Waals surface area contributed by atoms with Gasteiger partial charge in [-0.2, -0.15) is 0 Å². The minimum absolute atomic E-state index is 0.0953. The van der Waals surface area contributed by atoms with Gasteiger partial charge in [-0.1, -0.05) is 18.6 Å². The monoisotopic (exact) mass is 409 g/mol. The lowest BCUT2D eigenvalue weighted by Crippen LogP contribution is -2.33. The van der Waals surface area contributed by atoms with Crippen molar-refractivity contribution in [2.45, 2.75) is 50.0 Å². The summed E-state index contributed by atoms with van der Waals surface area (Å²) in [5.41, 5.74) is 1.83. The molecule has 0 saturated carbocycles. The second-order valence-corrected chi connectivity index (χ2v) is 9.25. The number of aromatic nitrogens is 2. The van der Waals surface area contributed by atoms with Crippen molar-refractivity contribution in [1.29, 1.82) is 0 Å². The maximum Gasteiger partial charge on any atom is 0.227 e. The Morgan fingerprint density at radius 2 is 2.14 bits per heavy atom. The molecule has 0 spiro atoms. The number of hydrogen-bond donors (Lipinski definition) is 0. The number of hydrogen-bond acceptors (Lipinski definition) is 5. The van der Waals surface area contributed by atoms with Crippen LogP contribution in [0.3, 0.4) is 0 Å². The largest absolute Gasteiger partial charge is 0.385 e. The summed E-state index contributed by atoms with van der Waals surface area (Å²) in [6.07, 6.45) is 6.67. The van der Waals surface area contributed by atoms with E-state index in [0.29, 0.717) is 26.1 Å². The van der Waals surface area contributed by atoms with Crippen molar-refractivity contribution in [2.75, 3.05) is 26.5 Å². The fourth-order valence-electron chi connectivity index (χ4n) is 3.90. The van der Waals surface area contributed by atoms with Gasteiger partial charge in [-0.3, -0.25) is 4.90 Å². The Kier molecular flexibility index (Phi) is 6.85. The predicted molar refractivity (Wildman–Crippen MR) is 105 cm³/mol. The van der Waals surface area contributed by atoms with Crippen molar-refractivity contribution in [3.05, 3.63) is 47.5 Å². The molecule has 28 heavy (non-hydrogen) atoms. The third-order valence-corrected chi connectivity index (χ3v) is 6.16. The highest BCUT2D eigenvalue weighted by Gasteiger charge is 2.27. The summed E-state index contributed by atoms with van der Waals surface area (Å²) in [4.78, 5) is 6.49. The van der Waals surface area contributed by atoms with E-state index in [4.69, 9.17) is 4.74 Å². The number of sulfone groups is 1. The number of imidazole rings is 1. The quantitative estimate of drug-likeness (QED) is 0.627. The maximum absolute atomic E-state index is 13.7. The van der Waals surface area contributed by atoms with Crippen LogP contribution in [0, 0.1) is 5.82 Å². The molecule has 1 atom stereocenters. The highest BCUT2D eigenvalue weighted by molar-refractivity contribution is 7.90. The normalized spacial score (nSPS) is 18.5. The van der Waals surface area contributed by atoms with Crippen LogP contribution >= 0.6 is 0 Å². The van der Waals surface area contributed by atoms with Gasteiger partial charge in [0.2, 0.25) is 15.0 Å². The van der Waals surface area contributed by atoms with Gasteiger partial charge in [0.15, 0.2) is 0 Å². The molecule has 8 heteroatoms. The Balaban J connectivity index is 1.87. The van der Waals surface area contributed by atoms with Gasteiger partial charge in [0.25, 0.3) is 0 Å². The van der Waals surface area contributed by atoms with E-state index in [-0.39, 0.29) is 17.0 Å². The van der Waals surface area contributed by atoms with Crippen LogP contribution in [0.1, 0.15) is 43.0 Å². The lowest BCUT2D eigenvalue weighted by molar-refractivity contribution is 0.135. The Bertz CT molecular complexity index is 898. The van der Waals surface area contributed by atoms with E-state index in [1.807, 2.05) is 6.07 Å². The van der Waals surface area contributed by atoms with Crippen molar-refractivity contribution >= 4 is 9.84 Å². The van der Waals surface area contributed by atoms with Crippen LogP contribution in [0.2, 0.25) is 0 Å². The minimum atomic E-state index is -3.42. The Labute approximate surface area is 166 Å². The number of rotatable bonds is 8. The molecule has 1 saturated heterocycles. The van der Waals surface area contributed by atoms with Gasteiger partial charge in [-0.05, 0) is 43.5 Å². The van der Waals surface area contributed by atoms with E-state index in [1.54, 1.807) is 30.0 Å². The summed E-state index contributed by atoms with van der Waals surface area (Å²) in [5, 5.41) is 0.0953. The Hall–Kier alpha value is -1.77. The molecule has 1 aliphatic rings. The van der Waals surface area contributed by atoms with E-state index in [9.17, 15) is 12.8 Å². The third-order valence-electron chi connectivity index (χ3n) is 5.18. The number of halogens is 1. The SMILES string of the molecule is COCCCn1c(CN2CCCCC2c2cccc(F)c2)cnc1S(C)(=O)=O. The molecule has 3 rings (SSSR count). The summed E-state index contributed by atoms with van der Waals surface area (Å²) >= 11 is 0. The molecule has 0 radical (unpaired) electrons. The second kappa shape index (κ2) is 9.15. The first-order chi connectivity index (χ1) is 13.4. The number of methoxy groups -OCH3 is 1. The zero-order valence-electron chi connectivity index (χ0n) is 16.5. The molecule has 2 heterocycles. The van der Waals surface area contributed by atoms with Crippen molar-refractivity contribution in [3.63, 3.8) is 0 Å². The number of ether oxygens (including phenoxy) is 1. The number of likely N-dealkylation sites (tertiary alicyclic amines) is 1. The van der Waals surface area contributed by atoms with E-state index in [2.05, 4.69) is 9.88 Å². The lowest BCUT2D eigenvalue weighted by atomic mass is 9.95. The average Bonchev–Trinajstić information content (AvgIpc) is 3.05. The van der Waals surface area contributed by atoms with Gasteiger partial charge in [0.05, 0.1) is 11.9 Å². The third kappa shape index (κ3) is 4.98. The van der Waals surface area contributed by atoms with Crippen LogP contribution in [-0.2, 0) is 27.7 Å². The van der Waals surface area contributed by atoms with Gasteiger partial charge in [-0.15, -0.1) is 0 Å². The lowest BCUT2D eigenvalue weighted by Gasteiger charge is -2.36. The molecule has 1 unspecified atom stereocenters. The fourth-order valence-corrected chi connectivity index (χ4v) is 4.75. The van der Waals surface area contributed by atoms with E-state index in [0.717, 1.165) is 37.1 Å². The Morgan fingerprint density at radius 1 is 1.32 bits per heavy atom. The molecule has 2 aromatic rings. The Morgan fingerprint density at radius 3 is 2.86 bits per heavy atom. The first-order valence-corrected chi connectivity index (χ1v) is 11.5. The summed E-state index contributed by atoms with van der Waals surface area (Å²) in [5.74, 6) is -0.230. The molecule has 1 aliphatic heterocycles. The summed E-state index contributed by atoms with van der Waals surface area (Å²) < 4.78 is 44.9. The van der Waals surface area contributed by atoms with Crippen molar-refractivity contribution < 1.29 is 17.5 Å². The second-order valence-electron chi connectivity index (χ2n) is 7.34. The molecule has 0 aliphatic carbocycles. The molecular formula is C20H28FN3O3S. The molecular weight excluding hydrogens is 381 g/mol. The highest BCUT2D eigenvalue weighted by atomic mass is 32.2. The van der Waals surface area contributed by atoms with Crippen LogP contribution in [-0.4, -0.2) is 49.4 Å². The van der Waals surface area contributed by atoms with Crippen molar-refractivity contribution in [2.24, 2.45) is 0 Å². The van der Waals surface area contributed by atoms with Crippen LogP contribution in [0.4, 0.5) is 4.39 Å². The van der Waals surface area contributed by atoms with Crippen LogP contribution in [0.25, 0.3) is 0 Å². The van der Waals surface area contributed by atoms with Crippen LogP contribution in [0.15, 0.2) is 35.6 Å². The first kappa shape index (κ1) is 21.0. The molecule has 0 N–H and O–H groups in total. The number of nitrogens with zero attached hydrogens (tertiary/aromatic N) is 3. The van der Waals surface area contributed by atoms with Crippen molar-refractivity contribution in [1.82, 2.24) is 14.5 Å². The smallest absolute Gasteiger partial charge is 0.227 e. The molecule has 0 bridgehead atoms. The number of piperidine rings is 1. The van der Waals surface area contributed by atoms with Crippen molar-refractivity contribution in [3.8, 4) is 0 Å². The number of benzene rings is 1. The van der Waals surface area contributed by atoms with Gasteiger partial charge in [-0.25, -0.2) is 17.8 Å². The molecule has 1 aromatic carbocycles. The predicted octanol–water partition coefficient (Wildman–Crippen LogP) is 3.19. The summed E-state index contributed by atoms with van der Waals surface area (Å²) in [6, 6.07) is 6.88. The zero-order valence-corrected chi connectivity index (χ0v) is 17.3. The maximum atomic E-state index is 13.7. The highest BCUT2D eigenvalue weighted by Crippen LogP contribution is 2.32. The minimum Gasteiger partial charge on any atom is -0.385 e. The van der Waals surface area contributed by atoms with Gasteiger partial charge < -0.3 is 9.30 Å². The first-order valence-electron chi connectivity index (χ1n) is 9.63. The summed E-state index contributed by atoms with van der Waals surface area (Å²) in [7, 11) is -1.79. The fraction of sp³-hybridized carbons (Fsp3) is 0.550. The average molecular weight is 410 g/mol. The van der Waals surface area contributed by atoms with E-state index in [1.165, 1.54) is 12.3 Å². The van der Waals surface area contributed by atoms with E-state index < -0.39 is 9.84 Å². The van der Waals surface area contributed by atoms with Crippen LogP contribution < -0.4 is 0 Å². The standard InChI is InChI=1S/C20H28FN3O3S/c1-27-12-6-11-24-18(14-22-20(24)28(2,25)26)15-23-10-4-3-9-19(23)16-7-5-8-17(21)13-16/h5,7-8,13-14,19H,3-4,6,9-12,15H2,1-2H3. The van der Waals surface area contributed by atoms with Gasteiger partial charge in [0, 0.05) is 39.1 Å². The molecule has 1 aromatic heterocycles. The van der Waals surface area contributed by atoms with E-state index >= 15 is 0 Å².